The van der Waals surface area contributed by atoms with E-state index in [0.29, 0.717) is 0 Å². The molecule has 22 heavy (non-hydrogen) atoms. The van der Waals surface area contributed by atoms with Crippen LogP contribution in [-0.4, -0.2) is 48.8 Å². The first-order valence-corrected chi connectivity index (χ1v) is 9.78. The molecule has 0 saturated carbocycles. The second kappa shape index (κ2) is 8.19. The molecule has 1 aliphatic heterocycles. The van der Waals surface area contributed by atoms with Gasteiger partial charge in [-0.1, -0.05) is 24.3 Å². The third-order valence-corrected chi connectivity index (χ3v) is 5.67. The minimum atomic E-state index is 0.899. The van der Waals surface area contributed by atoms with Gasteiger partial charge in [0.2, 0.25) is 0 Å². The van der Waals surface area contributed by atoms with Gasteiger partial charge < -0.3 is 4.90 Å². The van der Waals surface area contributed by atoms with E-state index < -0.39 is 0 Å². The fourth-order valence-corrected chi connectivity index (χ4v) is 3.91. The van der Waals surface area contributed by atoms with Crippen LogP contribution >= 0.6 is 11.8 Å². The van der Waals surface area contributed by atoms with E-state index in [4.69, 9.17) is 0 Å². The highest BCUT2D eigenvalue weighted by Crippen LogP contribution is 2.20. The first kappa shape index (κ1) is 16.1. The molecule has 3 heteroatoms. The van der Waals surface area contributed by atoms with Gasteiger partial charge in [-0.2, -0.15) is 0 Å². The highest BCUT2D eigenvalue weighted by atomic mass is 32.2. The average Bonchev–Trinajstić information content (AvgIpc) is 2.58. The van der Waals surface area contributed by atoms with Gasteiger partial charge in [0.25, 0.3) is 0 Å². The summed E-state index contributed by atoms with van der Waals surface area (Å²) in [6.45, 7) is 7.32. The van der Waals surface area contributed by atoms with Gasteiger partial charge in [-0.3, -0.25) is 4.90 Å². The summed E-state index contributed by atoms with van der Waals surface area (Å²) >= 11 is 1.82. The Balaban J connectivity index is 1.42. The number of nitrogens with zero attached hydrogens (tertiary/aromatic N) is 2. The summed E-state index contributed by atoms with van der Waals surface area (Å²) in [5.74, 6) is 0.899. The standard InChI is InChI=1S/C19H28N2S/c1-22-19-9-7-18(8-10-19)16-21-13-11-20(12-14-21)15-17-5-3-2-4-6-17/h2-3,7-10,17H,4-6,11-16H2,1H3/t17-/m1/s1. The fourth-order valence-electron chi connectivity index (χ4n) is 3.51. The van der Waals surface area contributed by atoms with E-state index in [1.807, 2.05) is 11.8 Å². The third kappa shape index (κ3) is 4.61. The van der Waals surface area contributed by atoms with Crippen molar-refractivity contribution in [3.63, 3.8) is 0 Å². The Kier molecular flexibility index (Phi) is 5.99. The molecule has 0 radical (unpaired) electrons. The van der Waals surface area contributed by atoms with Gasteiger partial charge in [0.15, 0.2) is 0 Å². The summed E-state index contributed by atoms with van der Waals surface area (Å²) in [6, 6.07) is 9.05. The van der Waals surface area contributed by atoms with Crippen molar-refractivity contribution in [1.82, 2.24) is 9.80 Å². The van der Waals surface area contributed by atoms with Crippen LogP contribution in [0.25, 0.3) is 0 Å². The molecule has 3 rings (SSSR count). The summed E-state index contributed by atoms with van der Waals surface area (Å²) in [4.78, 5) is 6.64. The predicted molar refractivity (Wildman–Crippen MR) is 96.4 cm³/mol. The van der Waals surface area contributed by atoms with Crippen molar-refractivity contribution in [3.05, 3.63) is 42.0 Å². The largest absolute Gasteiger partial charge is 0.301 e. The molecule has 0 spiro atoms. The fraction of sp³-hybridized carbons (Fsp3) is 0.579. The maximum Gasteiger partial charge on any atom is 0.0234 e. The Morgan fingerprint density at radius 1 is 1.00 bits per heavy atom. The molecule has 1 atom stereocenters. The molecule has 1 saturated heterocycles. The van der Waals surface area contributed by atoms with Crippen LogP contribution in [0.15, 0.2) is 41.3 Å². The summed E-state index contributed by atoms with van der Waals surface area (Å²) in [6.07, 6.45) is 10.8. The molecular formula is C19H28N2S. The summed E-state index contributed by atoms with van der Waals surface area (Å²) in [5, 5.41) is 0. The maximum absolute atomic E-state index is 2.68. The van der Waals surface area contributed by atoms with Gasteiger partial charge >= 0.3 is 0 Å². The van der Waals surface area contributed by atoms with Crippen molar-refractivity contribution < 1.29 is 0 Å². The lowest BCUT2D eigenvalue weighted by atomic mass is 9.94. The molecule has 0 N–H and O–H groups in total. The molecule has 1 heterocycles. The number of allylic oxidation sites excluding steroid dienone is 2. The smallest absolute Gasteiger partial charge is 0.0234 e. The topological polar surface area (TPSA) is 6.48 Å². The van der Waals surface area contributed by atoms with Crippen molar-refractivity contribution in [2.24, 2.45) is 5.92 Å². The summed E-state index contributed by atoms with van der Waals surface area (Å²) in [5.41, 5.74) is 1.45. The Morgan fingerprint density at radius 3 is 2.36 bits per heavy atom. The molecule has 1 fully saturated rings. The molecule has 1 aliphatic carbocycles. The van der Waals surface area contributed by atoms with E-state index >= 15 is 0 Å². The first-order valence-electron chi connectivity index (χ1n) is 8.56. The van der Waals surface area contributed by atoms with Crippen LogP contribution in [0, 0.1) is 5.92 Å². The first-order chi connectivity index (χ1) is 10.8. The molecule has 2 aliphatic rings. The number of rotatable bonds is 5. The van der Waals surface area contributed by atoms with Crippen LogP contribution in [0.5, 0.6) is 0 Å². The van der Waals surface area contributed by atoms with E-state index in [-0.39, 0.29) is 0 Å². The van der Waals surface area contributed by atoms with Gasteiger partial charge in [-0.15, -0.1) is 11.8 Å². The van der Waals surface area contributed by atoms with Gasteiger partial charge in [0.05, 0.1) is 0 Å². The van der Waals surface area contributed by atoms with Crippen molar-refractivity contribution in [3.8, 4) is 0 Å². The average molecular weight is 317 g/mol. The van der Waals surface area contributed by atoms with Crippen LogP contribution in [0.4, 0.5) is 0 Å². The molecular weight excluding hydrogens is 288 g/mol. The van der Waals surface area contributed by atoms with Crippen LogP contribution in [0.2, 0.25) is 0 Å². The van der Waals surface area contributed by atoms with Crippen LogP contribution in [0.3, 0.4) is 0 Å². The number of piperazine rings is 1. The lowest BCUT2D eigenvalue weighted by molar-refractivity contribution is 0.111. The lowest BCUT2D eigenvalue weighted by Gasteiger charge is -2.36. The molecule has 0 bridgehead atoms. The Bertz CT molecular complexity index is 475. The second-order valence-corrected chi connectivity index (χ2v) is 7.45. The summed E-state index contributed by atoms with van der Waals surface area (Å²) in [7, 11) is 0. The zero-order valence-corrected chi connectivity index (χ0v) is 14.5. The van der Waals surface area contributed by atoms with Crippen molar-refractivity contribution in [1.29, 1.82) is 0 Å². The molecule has 2 nitrogen and oxygen atoms in total. The van der Waals surface area contributed by atoms with E-state index in [2.05, 4.69) is 52.5 Å². The van der Waals surface area contributed by atoms with Gasteiger partial charge in [0, 0.05) is 44.2 Å². The quantitative estimate of drug-likeness (QED) is 0.601. The monoisotopic (exact) mass is 316 g/mol. The molecule has 120 valence electrons. The highest BCUT2D eigenvalue weighted by molar-refractivity contribution is 7.98. The number of thioether (sulfide) groups is 1. The van der Waals surface area contributed by atoms with Crippen molar-refractivity contribution >= 4 is 11.8 Å². The molecule has 1 aromatic carbocycles. The summed E-state index contributed by atoms with van der Waals surface area (Å²) < 4.78 is 0. The molecule has 1 aromatic rings. The Hall–Kier alpha value is -0.770. The zero-order chi connectivity index (χ0) is 15.2. The van der Waals surface area contributed by atoms with E-state index in [1.54, 1.807) is 0 Å². The molecule has 0 unspecified atom stereocenters. The molecule has 0 aromatic heterocycles. The van der Waals surface area contributed by atoms with Gasteiger partial charge in [-0.25, -0.2) is 0 Å². The van der Waals surface area contributed by atoms with Crippen LogP contribution in [0.1, 0.15) is 24.8 Å². The highest BCUT2D eigenvalue weighted by Gasteiger charge is 2.20. The SMILES string of the molecule is CSc1ccc(CN2CCN(C[C@@H]3CC=CCC3)CC2)cc1. The van der Waals surface area contributed by atoms with Gasteiger partial charge in [0.1, 0.15) is 0 Å². The van der Waals surface area contributed by atoms with Crippen molar-refractivity contribution in [2.45, 2.75) is 30.7 Å². The number of hydrogen-bond donors (Lipinski definition) is 0. The lowest BCUT2D eigenvalue weighted by Crippen LogP contribution is -2.47. The van der Waals surface area contributed by atoms with Crippen LogP contribution < -0.4 is 0 Å². The minimum absolute atomic E-state index is 0.899. The predicted octanol–water partition coefficient (Wildman–Crippen LogP) is 3.88. The Labute approximate surface area is 139 Å². The van der Waals surface area contributed by atoms with Crippen LogP contribution in [-0.2, 0) is 6.54 Å². The van der Waals surface area contributed by atoms with Crippen molar-refractivity contribution in [2.75, 3.05) is 39.0 Å². The van der Waals surface area contributed by atoms with E-state index in [9.17, 15) is 0 Å². The molecule has 0 amide bonds. The number of hydrogen-bond acceptors (Lipinski definition) is 3. The zero-order valence-electron chi connectivity index (χ0n) is 13.7. The number of benzene rings is 1. The van der Waals surface area contributed by atoms with E-state index in [1.165, 1.54) is 62.4 Å². The Morgan fingerprint density at radius 2 is 1.73 bits per heavy atom. The third-order valence-electron chi connectivity index (χ3n) is 4.92. The second-order valence-electron chi connectivity index (χ2n) is 6.58. The minimum Gasteiger partial charge on any atom is -0.301 e. The van der Waals surface area contributed by atoms with E-state index in [0.717, 1.165) is 12.5 Å². The van der Waals surface area contributed by atoms with Gasteiger partial charge in [-0.05, 0) is 49.1 Å². The normalized spacial score (nSPS) is 23.8. The maximum atomic E-state index is 2.68.